The molecule has 7 heteroatoms. The highest BCUT2D eigenvalue weighted by molar-refractivity contribution is 7.92. The van der Waals surface area contributed by atoms with Gasteiger partial charge in [0.1, 0.15) is 10.4 Å². The van der Waals surface area contributed by atoms with Crippen LogP contribution in [0.25, 0.3) is 5.57 Å². The van der Waals surface area contributed by atoms with Crippen molar-refractivity contribution >= 4 is 44.8 Å². The molecule has 1 aliphatic rings. The molecule has 1 aliphatic heterocycles. The van der Waals surface area contributed by atoms with Crippen LogP contribution in [0.3, 0.4) is 0 Å². The number of nitrogens with zero attached hydrogens (tertiary/aromatic N) is 2. The van der Waals surface area contributed by atoms with E-state index in [4.69, 9.17) is 23.2 Å². The molecule has 0 radical (unpaired) electrons. The maximum absolute atomic E-state index is 13.5. The third kappa shape index (κ3) is 3.47. The van der Waals surface area contributed by atoms with Gasteiger partial charge >= 0.3 is 0 Å². The van der Waals surface area contributed by atoms with E-state index >= 15 is 0 Å². The highest BCUT2D eigenvalue weighted by Crippen LogP contribution is 2.38. The van der Waals surface area contributed by atoms with Crippen molar-refractivity contribution in [3.63, 3.8) is 0 Å². The quantitative estimate of drug-likeness (QED) is 0.679. The third-order valence-electron chi connectivity index (χ3n) is 4.22. The summed E-state index contributed by atoms with van der Waals surface area (Å²) in [7, 11) is -3.83. The molecule has 26 heavy (non-hydrogen) atoms. The van der Waals surface area contributed by atoms with Crippen LogP contribution < -0.4 is 0 Å². The van der Waals surface area contributed by atoms with Crippen molar-refractivity contribution in [1.82, 2.24) is 4.98 Å². The van der Waals surface area contributed by atoms with Gasteiger partial charge in [-0.3, -0.25) is 4.99 Å². The highest BCUT2D eigenvalue weighted by atomic mass is 35.5. The van der Waals surface area contributed by atoms with Crippen LogP contribution >= 0.6 is 23.2 Å². The van der Waals surface area contributed by atoms with Gasteiger partial charge in [0.25, 0.3) is 0 Å². The number of allylic oxidation sites excluding steroid dienone is 1. The largest absolute Gasteiger partial charge is 0.281 e. The molecule has 1 aromatic carbocycles. The molecule has 2 atom stereocenters. The van der Waals surface area contributed by atoms with E-state index in [0.717, 1.165) is 0 Å². The summed E-state index contributed by atoms with van der Waals surface area (Å²) in [6, 6.07) is 11.1. The lowest BCUT2D eigenvalue weighted by atomic mass is 9.92. The van der Waals surface area contributed by atoms with Gasteiger partial charge in [0, 0.05) is 11.2 Å². The van der Waals surface area contributed by atoms with E-state index in [0.29, 0.717) is 16.3 Å². The molecule has 0 aliphatic carbocycles. The average Bonchev–Trinajstić information content (AvgIpc) is 3.02. The number of hydrogen-bond acceptors (Lipinski definition) is 4. The van der Waals surface area contributed by atoms with E-state index in [1.165, 1.54) is 12.1 Å². The number of sulfone groups is 1. The minimum absolute atomic E-state index is 0.145. The van der Waals surface area contributed by atoms with Crippen molar-refractivity contribution in [1.29, 1.82) is 0 Å². The van der Waals surface area contributed by atoms with Crippen molar-refractivity contribution in [2.75, 3.05) is 0 Å². The van der Waals surface area contributed by atoms with Crippen molar-refractivity contribution < 1.29 is 8.42 Å². The van der Waals surface area contributed by atoms with Crippen molar-refractivity contribution in [3.8, 4) is 0 Å². The molecular weight excluding hydrogens is 391 g/mol. The number of aliphatic imine (C=N–C) groups is 1. The predicted molar refractivity (Wildman–Crippen MR) is 107 cm³/mol. The molecule has 0 saturated heterocycles. The second kappa shape index (κ2) is 6.99. The Bertz CT molecular complexity index is 1000. The zero-order valence-electron chi connectivity index (χ0n) is 13.9. The van der Waals surface area contributed by atoms with E-state index in [1.807, 2.05) is 0 Å². The monoisotopic (exact) mass is 406 g/mol. The Morgan fingerprint density at radius 2 is 1.85 bits per heavy atom. The molecule has 0 amide bonds. The van der Waals surface area contributed by atoms with Gasteiger partial charge in [-0.25, -0.2) is 13.4 Å². The van der Waals surface area contributed by atoms with E-state index in [9.17, 15) is 8.42 Å². The lowest BCUT2D eigenvalue weighted by molar-refractivity contribution is 0.550. The van der Waals surface area contributed by atoms with E-state index in [2.05, 4.69) is 16.6 Å². The molecule has 0 spiro atoms. The zero-order chi connectivity index (χ0) is 18.9. The zero-order valence-corrected chi connectivity index (χ0v) is 16.3. The Morgan fingerprint density at radius 3 is 2.42 bits per heavy atom. The van der Waals surface area contributed by atoms with Gasteiger partial charge in [-0.15, -0.1) is 0 Å². The van der Waals surface area contributed by atoms with Crippen LogP contribution in [0, 0.1) is 0 Å². The molecule has 0 fully saturated rings. The number of halogens is 2. The summed E-state index contributed by atoms with van der Waals surface area (Å²) in [6.45, 7) is 5.78. The fourth-order valence-electron chi connectivity index (χ4n) is 2.98. The second-order valence-corrected chi connectivity index (χ2v) is 8.97. The first-order valence-corrected chi connectivity index (χ1v) is 10.1. The summed E-state index contributed by atoms with van der Waals surface area (Å²) in [5, 5.41) is -0.320. The molecule has 134 valence electrons. The number of benzene rings is 1. The van der Waals surface area contributed by atoms with Gasteiger partial charge in [0.15, 0.2) is 9.84 Å². The third-order valence-corrected chi connectivity index (χ3v) is 6.99. The minimum atomic E-state index is -3.83. The lowest BCUT2D eigenvalue weighted by Crippen LogP contribution is -2.41. The Kier molecular flexibility index (Phi) is 5.06. The van der Waals surface area contributed by atoms with Crippen LogP contribution in [0.4, 0.5) is 0 Å². The van der Waals surface area contributed by atoms with Gasteiger partial charge in [0.05, 0.1) is 16.1 Å². The maximum Gasteiger partial charge on any atom is 0.188 e. The standard InChI is InChI=1S/C19H16Cl2N2O2S/c1-13(16-5-3-6-17(21)23-16)18(19(2)11-4-12-22-19)26(24,25)15-9-7-14(20)8-10-15/h3-12,18H,1H2,2H3. The molecule has 2 aromatic rings. The number of aromatic nitrogens is 1. The van der Waals surface area contributed by atoms with Crippen LogP contribution in [0.1, 0.15) is 12.6 Å². The summed E-state index contributed by atoms with van der Waals surface area (Å²) in [5.74, 6) is 0. The first-order valence-electron chi connectivity index (χ1n) is 7.78. The van der Waals surface area contributed by atoms with Crippen LogP contribution in [0.5, 0.6) is 0 Å². The molecule has 0 saturated carbocycles. The molecule has 4 nitrogen and oxygen atoms in total. The van der Waals surface area contributed by atoms with Crippen molar-refractivity contribution in [3.05, 3.63) is 77.1 Å². The normalized spacial score (nSPS) is 20.3. The van der Waals surface area contributed by atoms with Gasteiger partial charge in [-0.1, -0.05) is 41.9 Å². The number of pyridine rings is 1. The van der Waals surface area contributed by atoms with Gasteiger partial charge in [-0.05, 0) is 55.0 Å². The smallest absolute Gasteiger partial charge is 0.188 e. The number of rotatable bonds is 5. The Labute approximate surface area is 162 Å². The maximum atomic E-state index is 13.5. The van der Waals surface area contributed by atoms with Gasteiger partial charge in [0.2, 0.25) is 0 Å². The van der Waals surface area contributed by atoms with E-state index < -0.39 is 20.6 Å². The Morgan fingerprint density at radius 1 is 1.15 bits per heavy atom. The lowest BCUT2D eigenvalue weighted by Gasteiger charge is -2.31. The SMILES string of the molecule is C=C(c1cccc(Cl)n1)C(C1(C)C=CC=N1)S(=O)(=O)c1ccc(Cl)cc1. The van der Waals surface area contributed by atoms with Crippen molar-refractivity contribution in [2.24, 2.45) is 4.99 Å². The second-order valence-electron chi connectivity index (χ2n) is 6.11. The van der Waals surface area contributed by atoms with E-state index in [-0.39, 0.29) is 10.0 Å². The topological polar surface area (TPSA) is 59.4 Å². The number of hydrogen-bond donors (Lipinski definition) is 0. The predicted octanol–water partition coefficient (Wildman–Crippen LogP) is 4.64. The van der Waals surface area contributed by atoms with Crippen LogP contribution in [0.15, 0.2) is 71.1 Å². The summed E-state index contributed by atoms with van der Waals surface area (Å²) in [5.41, 5.74) is -0.259. The van der Waals surface area contributed by atoms with Gasteiger partial charge in [-0.2, -0.15) is 0 Å². The van der Waals surface area contributed by atoms with Gasteiger partial charge < -0.3 is 0 Å². The molecule has 1 aromatic heterocycles. The van der Waals surface area contributed by atoms with Crippen LogP contribution in [0.2, 0.25) is 10.2 Å². The summed E-state index contributed by atoms with van der Waals surface area (Å²) in [6.07, 6.45) is 5.06. The minimum Gasteiger partial charge on any atom is -0.281 e. The Hall–Kier alpha value is -1.95. The summed E-state index contributed by atoms with van der Waals surface area (Å²) < 4.78 is 26.9. The van der Waals surface area contributed by atoms with Crippen molar-refractivity contribution in [2.45, 2.75) is 22.6 Å². The van der Waals surface area contributed by atoms with E-state index in [1.54, 1.807) is 55.6 Å². The first kappa shape index (κ1) is 18.8. The molecular formula is C19H16Cl2N2O2S. The summed E-state index contributed by atoms with van der Waals surface area (Å²) >= 11 is 11.9. The summed E-state index contributed by atoms with van der Waals surface area (Å²) in [4.78, 5) is 8.75. The molecule has 2 heterocycles. The fraction of sp³-hybridized carbons (Fsp3) is 0.158. The molecule has 0 bridgehead atoms. The van der Waals surface area contributed by atoms with Crippen LogP contribution in [-0.2, 0) is 9.84 Å². The molecule has 3 rings (SSSR count). The Balaban J connectivity index is 2.16. The molecule has 2 unspecified atom stereocenters. The van der Waals surface area contributed by atoms with Crippen LogP contribution in [-0.4, -0.2) is 30.4 Å². The average molecular weight is 407 g/mol. The fourth-order valence-corrected chi connectivity index (χ4v) is 5.32. The molecule has 0 N–H and O–H groups in total. The highest BCUT2D eigenvalue weighted by Gasteiger charge is 2.45. The first-order chi connectivity index (χ1) is 12.2.